The Kier molecular flexibility index (Phi) is 6.08. The van der Waals surface area contributed by atoms with E-state index in [1.165, 1.54) is 23.6 Å². The Morgan fingerprint density at radius 1 is 1.03 bits per heavy atom. The molecule has 1 amide bonds. The summed E-state index contributed by atoms with van der Waals surface area (Å²) in [5.74, 6) is 1.13. The molecule has 0 atom stereocenters. The van der Waals surface area contributed by atoms with E-state index in [2.05, 4.69) is 15.3 Å². The molecule has 0 saturated carbocycles. The van der Waals surface area contributed by atoms with Gasteiger partial charge in [-0.2, -0.15) is 5.10 Å². The molecule has 2 aliphatic rings. The maximum Gasteiger partial charge on any atom is 0.274 e. The van der Waals surface area contributed by atoms with Gasteiger partial charge in [0.05, 0.1) is 24.2 Å². The largest absolute Gasteiger partial charge is 0.454 e. The first-order chi connectivity index (χ1) is 16.2. The number of carbonyl (C=O) groups excluding carboxylic acids is 1. The minimum absolute atomic E-state index is 0.0948. The van der Waals surface area contributed by atoms with Crippen molar-refractivity contribution in [3.63, 3.8) is 0 Å². The van der Waals surface area contributed by atoms with Crippen LogP contribution in [-0.2, 0) is 17.9 Å². The van der Waals surface area contributed by atoms with Crippen LogP contribution in [0.25, 0.3) is 16.8 Å². The molecule has 3 aromatic rings. The first-order valence-electron chi connectivity index (χ1n) is 11.2. The number of carbonyl (C=O) groups is 1. The van der Waals surface area contributed by atoms with Crippen LogP contribution in [0, 0.1) is 0 Å². The van der Waals surface area contributed by atoms with E-state index in [0.717, 1.165) is 30.6 Å². The van der Waals surface area contributed by atoms with Gasteiger partial charge in [0.15, 0.2) is 11.5 Å². The van der Waals surface area contributed by atoms with Crippen molar-refractivity contribution in [1.82, 2.24) is 20.0 Å². The third kappa shape index (κ3) is 4.75. The number of hydrogen-bond acceptors (Lipinski definition) is 6. The highest BCUT2D eigenvalue weighted by Gasteiger charge is 2.15. The molecule has 2 aromatic carbocycles. The van der Waals surface area contributed by atoms with Crippen LogP contribution >= 0.6 is 0 Å². The molecular formula is C25H26N4O4. The van der Waals surface area contributed by atoms with E-state index in [1.54, 1.807) is 6.08 Å². The number of hydrogen-bond donors (Lipinski definition) is 1. The van der Waals surface area contributed by atoms with Crippen LogP contribution in [0.2, 0.25) is 0 Å². The van der Waals surface area contributed by atoms with Crippen molar-refractivity contribution in [1.29, 1.82) is 0 Å². The zero-order chi connectivity index (χ0) is 22.6. The average Bonchev–Trinajstić information content (AvgIpc) is 3.53. The van der Waals surface area contributed by atoms with Gasteiger partial charge in [0.25, 0.3) is 5.56 Å². The standard InChI is InChI=1S/C25H26N4O4/c30-24(10-8-18-7-9-22-23(15-18)33-17-32-22)26-16-21-19-5-1-2-6-20(19)25(31)29(27-21)14-13-28-11-3-4-12-28/h1-2,5-10,15H,3-4,11-14,16-17H2,(H,26,30)/b10-8+. The number of nitrogens with one attached hydrogen (secondary N) is 1. The second-order valence-electron chi connectivity index (χ2n) is 8.23. The van der Waals surface area contributed by atoms with Gasteiger partial charge in [0.2, 0.25) is 12.7 Å². The molecule has 3 heterocycles. The van der Waals surface area contributed by atoms with Gasteiger partial charge in [-0.3, -0.25) is 9.59 Å². The van der Waals surface area contributed by atoms with Crippen LogP contribution in [0.4, 0.5) is 0 Å². The third-order valence-corrected chi connectivity index (χ3v) is 6.02. The molecule has 0 unspecified atom stereocenters. The van der Waals surface area contributed by atoms with Crippen molar-refractivity contribution in [2.75, 3.05) is 26.4 Å². The molecule has 5 rings (SSSR count). The van der Waals surface area contributed by atoms with Crippen molar-refractivity contribution in [3.05, 3.63) is 70.2 Å². The lowest BCUT2D eigenvalue weighted by molar-refractivity contribution is -0.116. The van der Waals surface area contributed by atoms with E-state index < -0.39 is 0 Å². The number of rotatable bonds is 7. The van der Waals surface area contributed by atoms with E-state index in [9.17, 15) is 9.59 Å². The maximum atomic E-state index is 12.9. The maximum absolute atomic E-state index is 12.9. The zero-order valence-electron chi connectivity index (χ0n) is 18.3. The second kappa shape index (κ2) is 9.46. The van der Waals surface area contributed by atoms with Crippen molar-refractivity contribution in [2.45, 2.75) is 25.9 Å². The molecule has 0 radical (unpaired) electrons. The molecule has 2 aliphatic heterocycles. The molecule has 0 bridgehead atoms. The summed E-state index contributed by atoms with van der Waals surface area (Å²) in [6.45, 7) is 3.92. The summed E-state index contributed by atoms with van der Waals surface area (Å²) in [6, 6.07) is 12.9. The van der Waals surface area contributed by atoms with Gasteiger partial charge in [-0.15, -0.1) is 0 Å². The van der Waals surface area contributed by atoms with E-state index in [1.807, 2.05) is 42.5 Å². The summed E-state index contributed by atoms with van der Waals surface area (Å²) in [5.41, 5.74) is 1.42. The normalized spacial score (nSPS) is 15.5. The molecular weight excluding hydrogens is 420 g/mol. The summed E-state index contributed by atoms with van der Waals surface area (Å²) in [5, 5.41) is 8.87. The Morgan fingerprint density at radius 2 is 1.82 bits per heavy atom. The summed E-state index contributed by atoms with van der Waals surface area (Å²) >= 11 is 0. The summed E-state index contributed by atoms with van der Waals surface area (Å²) in [6.07, 6.45) is 5.61. The number of benzene rings is 2. The molecule has 8 heteroatoms. The Bertz CT molecular complexity index is 1260. The summed E-state index contributed by atoms with van der Waals surface area (Å²) in [7, 11) is 0. The number of nitrogens with zero attached hydrogens (tertiary/aromatic N) is 3. The zero-order valence-corrected chi connectivity index (χ0v) is 18.3. The lowest BCUT2D eigenvalue weighted by atomic mass is 10.1. The summed E-state index contributed by atoms with van der Waals surface area (Å²) in [4.78, 5) is 27.7. The highest BCUT2D eigenvalue weighted by Crippen LogP contribution is 2.32. The number of aromatic nitrogens is 2. The molecule has 1 saturated heterocycles. The Labute approximate surface area is 191 Å². The van der Waals surface area contributed by atoms with Crippen LogP contribution in [0.5, 0.6) is 11.5 Å². The van der Waals surface area contributed by atoms with Gasteiger partial charge in [-0.25, -0.2) is 4.68 Å². The minimum Gasteiger partial charge on any atom is -0.454 e. The third-order valence-electron chi connectivity index (χ3n) is 6.02. The van der Waals surface area contributed by atoms with E-state index >= 15 is 0 Å². The average molecular weight is 447 g/mol. The molecule has 8 nitrogen and oxygen atoms in total. The van der Waals surface area contributed by atoms with Gasteiger partial charge in [-0.1, -0.05) is 24.3 Å². The Morgan fingerprint density at radius 3 is 2.67 bits per heavy atom. The van der Waals surface area contributed by atoms with Crippen LogP contribution in [-0.4, -0.2) is 47.0 Å². The van der Waals surface area contributed by atoms with Crippen LogP contribution in [0.1, 0.15) is 24.1 Å². The molecule has 1 fully saturated rings. The van der Waals surface area contributed by atoms with Crippen LogP contribution in [0.3, 0.4) is 0 Å². The molecule has 0 spiro atoms. The number of ether oxygens (including phenoxy) is 2. The van der Waals surface area contributed by atoms with Crippen molar-refractivity contribution < 1.29 is 14.3 Å². The minimum atomic E-state index is -0.242. The number of likely N-dealkylation sites (tertiary alicyclic amines) is 1. The smallest absolute Gasteiger partial charge is 0.274 e. The molecule has 0 aliphatic carbocycles. The van der Waals surface area contributed by atoms with Gasteiger partial charge < -0.3 is 19.7 Å². The van der Waals surface area contributed by atoms with Crippen molar-refractivity contribution in [3.8, 4) is 11.5 Å². The van der Waals surface area contributed by atoms with Crippen LogP contribution in [0.15, 0.2) is 53.3 Å². The monoisotopic (exact) mass is 446 g/mol. The topological polar surface area (TPSA) is 85.7 Å². The number of amides is 1. The Balaban J connectivity index is 1.29. The SMILES string of the molecule is O=C(/C=C/c1ccc2c(c1)OCO2)NCc1nn(CCN2CCCC2)c(=O)c2ccccc12. The van der Waals surface area contributed by atoms with E-state index in [0.29, 0.717) is 29.1 Å². The van der Waals surface area contributed by atoms with Gasteiger partial charge in [0.1, 0.15) is 0 Å². The first-order valence-corrected chi connectivity index (χ1v) is 11.2. The molecule has 1 aromatic heterocycles. The Hall–Kier alpha value is -3.65. The van der Waals surface area contributed by atoms with Crippen molar-refractivity contribution >= 4 is 22.8 Å². The molecule has 1 N–H and O–H groups in total. The predicted octanol–water partition coefficient (Wildman–Crippen LogP) is 2.55. The quantitative estimate of drug-likeness (QED) is 0.562. The first kappa shape index (κ1) is 21.2. The molecule has 33 heavy (non-hydrogen) atoms. The fourth-order valence-electron chi connectivity index (χ4n) is 4.25. The lowest BCUT2D eigenvalue weighted by Crippen LogP contribution is -2.32. The highest BCUT2D eigenvalue weighted by molar-refractivity contribution is 5.92. The van der Waals surface area contributed by atoms with Crippen LogP contribution < -0.4 is 20.3 Å². The second-order valence-corrected chi connectivity index (χ2v) is 8.23. The van der Waals surface area contributed by atoms with Gasteiger partial charge in [0, 0.05) is 18.0 Å². The fourth-order valence-corrected chi connectivity index (χ4v) is 4.25. The van der Waals surface area contributed by atoms with Gasteiger partial charge in [-0.05, 0) is 55.8 Å². The lowest BCUT2D eigenvalue weighted by Gasteiger charge is -2.16. The molecule has 170 valence electrons. The summed E-state index contributed by atoms with van der Waals surface area (Å²) < 4.78 is 12.2. The van der Waals surface area contributed by atoms with E-state index in [4.69, 9.17) is 9.47 Å². The van der Waals surface area contributed by atoms with E-state index in [-0.39, 0.29) is 24.8 Å². The predicted molar refractivity (Wildman–Crippen MR) is 125 cm³/mol. The van der Waals surface area contributed by atoms with Gasteiger partial charge >= 0.3 is 0 Å². The fraction of sp³-hybridized carbons (Fsp3) is 0.320. The van der Waals surface area contributed by atoms with Crippen molar-refractivity contribution in [2.24, 2.45) is 0 Å². The number of fused-ring (bicyclic) bond motifs is 2. The highest BCUT2D eigenvalue weighted by atomic mass is 16.7.